The predicted molar refractivity (Wildman–Crippen MR) is 306 cm³/mol. The highest BCUT2D eigenvalue weighted by Gasteiger charge is 2.17. The van der Waals surface area contributed by atoms with Crippen molar-refractivity contribution >= 4 is 11.9 Å². The molecule has 0 N–H and O–H groups in total. The van der Waals surface area contributed by atoms with E-state index in [-0.39, 0.29) is 25.2 Å². The zero-order valence-electron chi connectivity index (χ0n) is 45.7. The number of carbonyl (C=O) groups is 2. The van der Waals surface area contributed by atoms with Gasteiger partial charge in [-0.1, -0.05) is 258 Å². The van der Waals surface area contributed by atoms with Crippen LogP contribution in [0.2, 0.25) is 0 Å². The Hall–Kier alpha value is -3.70. The van der Waals surface area contributed by atoms with E-state index in [1.165, 1.54) is 103 Å². The van der Waals surface area contributed by atoms with Gasteiger partial charge in [0.1, 0.15) is 6.61 Å². The SMILES string of the molecule is CC/C=C\C/C=C\C/C=C\C/C=C\C/C=C\CCCCCC(=O)OCC(COCCCCCCCCCCCCCCCCCCCC)OC(=O)CCC/C=C\C/C=C\C/C=C\C/C=C\C/C=C\CC. The molecule has 0 aliphatic heterocycles. The molecule has 0 rings (SSSR count). The minimum atomic E-state index is -0.587. The molecule has 398 valence electrons. The van der Waals surface area contributed by atoms with Crippen molar-refractivity contribution in [1.82, 2.24) is 0 Å². The molecule has 0 aromatic rings. The normalized spacial score (nSPS) is 13.1. The quantitative estimate of drug-likeness (QED) is 0.0345. The monoisotopic (exact) mass is 969 g/mol. The molecule has 1 unspecified atom stereocenters. The summed E-state index contributed by atoms with van der Waals surface area (Å²) >= 11 is 0. The molecule has 0 aliphatic carbocycles. The van der Waals surface area contributed by atoms with E-state index in [0.29, 0.717) is 19.4 Å². The Kier molecular flexibility index (Phi) is 56.5. The highest BCUT2D eigenvalue weighted by molar-refractivity contribution is 5.70. The van der Waals surface area contributed by atoms with Gasteiger partial charge in [0.15, 0.2) is 6.10 Å². The van der Waals surface area contributed by atoms with Crippen LogP contribution in [-0.2, 0) is 23.8 Å². The Labute approximate surface area is 433 Å². The maximum absolute atomic E-state index is 12.8. The van der Waals surface area contributed by atoms with Crippen molar-refractivity contribution < 1.29 is 23.8 Å². The first-order chi connectivity index (χ1) is 34.6. The first kappa shape index (κ1) is 66.3. The standard InChI is InChI=1S/C65H108O5/c1-4-7-10-13-16-19-22-25-28-31-33-35-37-40-43-46-49-52-55-58-64(66)69-62-63(61-68-60-57-54-51-48-45-42-39-36-32-29-26-23-20-17-14-11-8-5-2)70-65(67)59-56-53-50-47-44-41-38-34-30-27-24-21-18-15-12-9-6-3/h7,9-10,12,16,18-19,21,25,27-28,30,33,35,38,40-41,43,47,50,63H,4-6,8,11,13-15,17,20,22-24,26,29,31-32,34,36-37,39,42,44-46,48-49,51-62H2,1-3H3/b10-7-,12-9-,19-16-,21-18-,28-25-,30-27-,35-33-,41-38-,43-40-,50-47-. The maximum Gasteiger partial charge on any atom is 0.306 e. The van der Waals surface area contributed by atoms with Crippen LogP contribution < -0.4 is 0 Å². The van der Waals surface area contributed by atoms with Crippen LogP contribution in [0.5, 0.6) is 0 Å². The average Bonchev–Trinajstić information content (AvgIpc) is 3.36. The zero-order chi connectivity index (χ0) is 50.6. The Morgan fingerprint density at radius 3 is 1.06 bits per heavy atom. The van der Waals surface area contributed by atoms with Crippen LogP contribution in [0.1, 0.15) is 252 Å². The fourth-order valence-electron chi connectivity index (χ4n) is 7.75. The molecule has 0 saturated carbocycles. The summed E-state index contributed by atoms with van der Waals surface area (Å²) in [4.78, 5) is 25.5. The first-order valence-electron chi connectivity index (χ1n) is 29.1. The van der Waals surface area contributed by atoms with Crippen LogP contribution in [0.3, 0.4) is 0 Å². The number of unbranched alkanes of at least 4 members (excludes halogenated alkanes) is 21. The number of hydrogen-bond acceptors (Lipinski definition) is 5. The second-order valence-corrected chi connectivity index (χ2v) is 18.8. The van der Waals surface area contributed by atoms with Crippen molar-refractivity contribution in [3.63, 3.8) is 0 Å². The molecule has 0 aromatic heterocycles. The van der Waals surface area contributed by atoms with Crippen LogP contribution in [0.15, 0.2) is 122 Å². The largest absolute Gasteiger partial charge is 0.462 e. The zero-order valence-corrected chi connectivity index (χ0v) is 45.7. The van der Waals surface area contributed by atoms with Crippen LogP contribution >= 0.6 is 0 Å². The third kappa shape index (κ3) is 56.9. The fourth-order valence-corrected chi connectivity index (χ4v) is 7.75. The first-order valence-corrected chi connectivity index (χ1v) is 29.1. The lowest BCUT2D eigenvalue weighted by Gasteiger charge is -2.18. The van der Waals surface area contributed by atoms with Crippen LogP contribution in [0.25, 0.3) is 0 Å². The number of carbonyl (C=O) groups excluding carboxylic acids is 2. The highest BCUT2D eigenvalue weighted by atomic mass is 16.6. The third-order valence-electron chi connectivity index (χ3n) is 12.0. The van der Waals surface area contributed by atoms with Crippen molar-refractivity contribution in [2.24, 2.45) is 0 Å². The van der Waals surface area contributed by atoms with E-state index in [2.05, 4.69) is 142 Å². The van der Waals surface area contributed by atoms with E-state index in [9.17, 15) is 9.59 Å². The van der Waals surface area contributed by atoms with Crippen molar-refractivity contribution in [1.29, 1.82) is 0 Å². The molecular formula is C65H108O5. The van der Waals surface area contributed by atoms with Gasteiger partial charge in [-0.2, -0.15) is 0 Å². The molecule has 0 aromatic carbocycles. The van der Waals surface area contributed by atoms with E-state index in [0.717, 1.165) is 116 Å². The number of hydrogen-bond donors (Lipinski definition) is 0. The summed E-state index contributed by atoms with van der Waals surface area (Å²) in [5.74, 6) is -0.502. The van der Waals surface area contributed by atoms with Crippen LogP contribution in [0, 0.1) is 0 Å². The summed E-state index contributed by atoms with van der Waals surface area (Å²) in [6.45, 7) is 7.52. The highest BCUT2D eigenvalue weighted by Crippen LogP contribution is 2.15. The Bertz CT molecular complexity index is 1420. The molecule has 0 spiro atoms. The van der Waals surface area contributed by atoms with Gasteiger partial charge in [0, 0.05) is 19.4 Å². The Morgan fingerprint density at radius 2 is 0.657 bits per heavy atom. The third-order valence-corrected chi connectivity index (χ3v) is 12.0. The minimum absolute atomic E-state index is 0.0402. The van der Waals surface area contributed by atoms with Gasteiger partial charge in [-0.3, -0.25) is 9.59 Å². The molecule has 0 amide bonds. The topological polar surface area (TPSA) is 61.8 Å². The fraction of sp³-hybridized carbons (Fsp3) is 0.662. The summed E-state index contributed by atoms with van der Waals surface area (Å²) in [7, 11) is 0. The summed E-state index contributed by atoms with van der Waals surface area (Å²) in [6.07, 6.45) is 83.7. The molecule has 0 saturated heterocycles. The second kappa shape index (κ2) is 59.6. The molecule has 0 fully saturated rings. The molecule has 1 atom stereocenters. The van der Waals surface area contributed by atoms with Gasteiger partial charge in [-0.25, -0.2) is 0 Å². The Morgan fingerprint density at radius 1 is 0.329 bits per heavy atom. The summed E-state index contributed by atoms with van der Waals surface area (Å²) in [5.41, 5.74) is 0. The molecule has 70 heavy (non-hydrogen) atoms. The molecule has 0 aliphatic rings. The van der Waals surface area contributed by atoms with Gasteiger partial charge in [-0.05, 0) is 103 Å². The van der Waals surface area contributed by atoms with Gasteiger partial charge >= 0.3 is 11.9 Å². The summed E-state index contributed by atoms with van der Waals surface area (Å²) < 4.78 is 17.4. The van der Waals surface area contributed by atoms with E-state index >= 15 is 0 Å². The lowest BCUT2D eigenvalue weighted by molar-refractivity contribution is -0.162. The van der Waals surface area contributed by atoms with Crippen molar-refractivity contribution in [2.75, 3.05) is 19.8 Å². The molecular weight excluding hydrogens is 861 g/mol. The number of rotatable bonds is 52. The molecule has 5 nitrogen and oxygen atoms in total. The van der Waals surface area contributed by atoms with Gasteiger partial charge in [0.05, 0.1) is 6.61 Å². The Balaban J connectivity index is 4.43. The second-order valence-electron chi connectivity index (χ2n) is 18.8. The number of allylic oxidation sites excluding steroid dienone is 20. The van der Waals surface area contributed by atoms with Crippen molar-refractivity contribution in [3.05, 3.63) is 122 Å². The minimum Gasteiger partial charge on any atom is -0.462 e. The molecule has 5 heteroatoms. The molecule has 0 bridgehead atoms. The molecule has 0 heterocycles. The van der Waals surface area contributed by atoms with E-state index in [1.807, 2.05) is 0 Å². The van der Waals surface area contributed by atoms with E-state index in [1.54, 1.807) is 0 Å². The lowest BCUT2D eigenvalue weighted by atomic mass is 10.0. The van der Waals surface area contributed by atoms with Crippen molar-refractivity contribution in [2.45, 2.75) is 258 Å². The summed E-state index contributed by atoms with van der Waals surface area (Å²) in [6, 6.07) is 0. The number of esters is 2. The molecule has 0 radical (unpaired) electrons. The van der Waals surface area contributed by atoms with Crippen LogP contribution in [-0.4, -0.2) is 37.9 Å². The van der Waals surface area contributed by atoms with E-state index in [4.69, 9.17) is 14.2 Å². The van der Waals surface area contributed by atoms with Gasteiger partial charge < -0.3 is 14.2 Å². The van der Waals surface area contributed by atoms with Gasteiger partial charge in [-0.15, -0.1) is 0 Å². The van der Waals surface area contributed by atoms with Crippen molar-refractivity contribution in [3.8, 4) is 0 Å². The van der Waals surface area contributed by atoms with Gasteiger partial charge in [0.2, 0.25) is 0 Å². The average molecular weight is 970 g/mol. The van der Waals surface area contributed by atoms with E-state index < -0.39 is 6.10 Å². The van der Waals surface area contributed by atoms with Gasteiger partial charge in [0.25, 0.3) is 0 Å². The maximum atomic E-state index is 12.8. The predicted octanol–water partition coefficient (Wildman–Crippen LogP) is 20.1. The number of ether oxygens (including phenoxy) is 3. The smallest absolute Gasteiger partial charge is 0.306 e. The lowest BCUT2D eigenvalue weighted by Crippen LogP contribution is -2.30. The summed E-state index contributed by atoms with van der Waals surface area (Å²) in [5, 5.41) is 0. The van der Waals surface area contributed by atoms with Crippen LogP contribution in [0.4, 0.5) is 0 Å².